The van der Waals surface area contributed by atoms with Crippen molar-refractivity contribution >= 4 is 27.9 Å². The number of hydrogen-bond acceptors (Lipinski definition) is 1. The summed E-state index contributed by atoms with van der Waals surface area (Å²) in [4.78, 5) is 10.5. The minimum absolute atomic E-state index is 0.339. The van der Waals surface area contributed by atoms with Crippen molar-refractivity contribution in [3.05, 3.63) is 29.8 Å². The number of rotatable bonds is 25. The predicted octanol–water partition coefficient (Wildman–Crippen LogP) is 10.4. The topological polar surface area (TPSA) is 37.3 Å². The molecule has 0 atom stereocenters. The summed E-state index contributed by atoms with van der Waals surface area (Å²) in [6.45, 7) is 7.11. The van der Waals surface area contributed by atoms with E-state index in [9.17, 15) is 4.79 Å². The molecule has 0 heterocycles. The summed E-state index contributed by atoms with van der Waals surface area (Å²) in [7, 11) is 0. The number of hydrogen-bond donors (Lipinski definition) is 1. The molecule has 208 valence electrons. The van der Waals surface area contributed by atoms with Gasteiger partial charge in [-0.25, -0.2) is 0 Å². The Balaban J connectivity index is 2.26. The Morgan fingerprint density at radius 3 is 1.36 bits per heavy atom. The van der Waals surface area contributed by atoms with Gasteiger partial charge in [-0.15, -0.1) is 0 Å². The molecule has 1 rings (SSSR count). The molecule has 1 aromatic carbocycles. The van der Waals surface area contributed by atoms with Gasteiger partial charge in [0, 0.05) is 6.42 Å². The third-order valence-electron chi connectivity index (χ3n) is 8.20. The Hall–Kier alpha value is -0.511. The molecule has 36 heavy (non-hydrogen) atoms. The maximum absolute atomic E-state index is 10.5. The molecule has 0 aliphatic carbocycles. The minimum atomic E-state index is -2.26. The van der Waals surface area contributed by atoms with Crippen molar-refractivity contribution in [1.29, 1.82) is 0 Å². The van der Waals surface area contributed by atoms with Crippen LogP contribution >= 0.6 is 0 Å². The molecular weight excluding hydrogens is 547 g/mol. The quantitative estimate of drug-likeness (QED) is 0.0887. The molecule has 1 N–H and O–H groups in total. The van der Waals surface area contributed by atoms with Gasteiger partial charge in [-0.2, -0.15) is 0 Å². The first-order valence-corrected chi connectivity index (χ1v) is 23.4. The Morgan fingerprint density at radius 1 is 0.583 bits per heavy atom. The Bertz CT molecular complexity index is 618. The summed E-state index contributed by atoms with van der Waals surface area (Å²) in [6.07, 6.45) is 25.3. The Kier molecular flexibility index (Phi) is 20.9. The van der Waals surface area contributed by atoms with Crippen LogP contribution in [-0.2, 0) is 11.2 Å². The van der Waals surface area contributed by atoms with Crippen LogP contribution in [0.2, 0.25) is 13.3 Å². The zero-order valence-electron chi connectivity index (χ0n) is 24.4. The number of benzene rings is 1. The third kappa shape index (κ3) is 15.7. The van der Waals surface area contributed by atoms with Gasteiger partial charge in [0.1, 0.15) is 0 Å². The van der Waals surface area contributed by atoms with E-state index in [4.69, 9.17) is 5.11 Å². The van der Waals surface area contributed by atoms with Crippen molar-refractivity contribution < 1.29 is 9.90 Å². The molecule has 0 spiro atoms. The van der Waals surface area contributed by atoms with E-state index in [0.29, 0.717) is 6.42 Å². The van der Waals surface area contributed by atoms with Gasteiger partial charge in [0.15, 0.2) is 0 Å². The van der Waals surface area contributed by atoms with E-state index in [1.165, 1.54) is 109 Å². The molecule has 0 aromatic heterocycles. The van der Waals surface area contributed by atoms with E-state index in [1.54, 1.807) is 18.9 Å². The molecule has 0 fully saturated rings. The van der Waals surface area contributed by atoms with E-state index < -0.39 is 24.3 Å². The fourth-order valence-electron chi connectivity index (χ4n) is 5.75. The summed E-state index contributed by atoms with van der Waals surface area (Å²) in [5.41, 5.74) is 1.56. The second-order valence-corrected chi connectivity index (χ2v) is 24.7. The Morgan fingerprint density at radius 2 is 0.972 bits per heavy atom. The van der Waals surface area contributed by atoms with Crippen LogP contribution in [0.15, 0.2) is 24.3 Å². The first-order chi connectivity index (χ1) is 17.6. The van der Waals surface area contributed by atoms with Gasteiger partial charge >= 0.3 is 182 Å². The van der Waals surface area contributed by atoms with Crippen LogP contribution in [0.25, 0.3) is 0 Å². The molecule has 0 radical (unpaired) electrons. The van der Waals surface area contributed by atoms with Crippen molar-refractivity contribution in [1.82, 2.24) is 0 Å². The van der Waals surface area contributed by atoms with Crippen LogP contribution in [0, 0.1) is 0 Å². The van der Waals surface area contributed by atoms with E-state index in [0.717, 1.165) is 12.8 Å². The van der Waals surface area contributed by atoms with Gasteiger partial charge in [0.25, 0.3) is 0 Å². The van der Waals surface area contributed by atoms with Crippen LogP contribution in [0.1, 0.15) is 148 Å². The normalized spacial score (nSPS) is 11.8. The van der Waals surface area contributed by atoms with E-state index >= 15 is 0 Å². The zero-order chi connectivity index (χ0) is 26.3. The molecule has 0 aliphatic heterocycles. The van der Waals surface area contributed by atoms with Crippen molar-refractivity contribution in [2.75, 3.05) is 0 Å². The van der Waals surface area contributed by atoms with Gasteiger partial charge in [-0.05, 0) is 6.42 Å². The fourth-order valence-corrected chi connectivity index (χ4v) is 21.7. The van der Waals surface area contributed by atoms with Gasteiger partial charge < -0.3 is 5.11 Å². The summed E-state index contributed by atoms with van der Waals surface area (Å²) < 4.78 is 6.52. The van der Waals surface area contributed by atoms with Crippen LogP contribution in [0.5, 0.6) is 0 Å². The molecule has 0 amide bonds. The number of aryl methyl sites for hydroxylation is 1. The molecule has 1 aromatic rings. The third-order valence-corrected chi connectivity index (χ3v) is 23.9. The number of unbranched alkanes of at least 4 members (excludes halogenated alkanes) is 14. The number of carboxylic acid groups (broad SMARTS) is 1. The monoisotopic (exact) mass is 608 g/mol. The van der Waals surface area contributed by atoms with Crippen LogP contribution < -0.4 is 3.58 Å². The average molecular weight is 608 g/mol. The molecule has 0 saturated heterocycles. The van der Waals surface area contributed by atoms with E-state index in [1.807, 2.05) is 3.58 Å². The van der Waals surface area contributed by atoms with Crippen molar-refractivity contribution in [2.45, 2.75) is 162 Å². The molecule has 2 nitrogen and oxygen atoms in total. The first-order valence-electron chi connectivity index (χ1n) is 15.9. The fraction of sp³-hybridized carbons (Fsp3) is 0.788. The van der Waals surface area contributed by atoms with Crippen LogP contribution in [0.4, 0.5) is 0 Å². The predicted molar refractivity (Wildman–Crippen MR) is 162 cm³/mol. The summed E-state index contributed by atoms with van der Waals surface area (Å²) in [5.74, 6) is -0.653. The van der Waals surface area contributed by atoms with Crippen LogP contribution in [0.3, 0.4) is 0 Å². The van der Waals surface area contributed by atoms with E-state index in [-0.39, 0.29) is 0 Å². The van der Waals surface area contributed by atoms with Crippen molar-refractivity contribution in [3.8, 4) is 0 Å². The van der Waals surface area contributed by atoms with Gasteiger partial charge in [0.2, 0.25) is 0 Å². The molecule has 0 unspecified atom stereocenters. The summed E-state index contributed by atoms with van der Waals surface area (Å²) in [6, 6.07) is 10.1. The standard InChI is InChI=1S/C21H33O2.3C4H9.Sn/c22-21(23)19-15-10-8-6-4-2-1-3-5-7-9-12-16-20-17-13-11-14-18-20;3*1-3-4-2;/h13-14,17-18H,1-10,12,15-16,19H2,(H,22,23);3*1,3-4H2,2H3;. The van der Waals surface area contributed by atoms with E-state index in [2.05, 4.69) is 45.0 Å². The second kappa shape index (κ2) is 22.5. The summed E-state index contributed by atoms with van der Waals surface area (Å²) >= 11 is -2.26. The number of aliphatic carboxylic acids is 1. The SMILES string of the molecule is CCC[CH2][Sn]([CH2]CCC)([CH2]CCC)[c]1ccc(CCCCCCCCCCCCCCC(=O)O)cc1. The number of carboxylic acids is 1. The van der Waals surface area contributed by atoms with Crippen molar-refractivity contribution in [2.24, 2.45) is 0 Å². The second-order valence-electron chi connectivity index (χ2n) is 11.4. The Labute approximate surface area is 229 Å². The van der Waals surface area contributed by atoms with Gasteiger partial charge in [-0.3, -0.25) is 4.79 Å². The van der Waals surface area contributed by atoms with Crippen molar-refractivity contribution in [3.63, 3.8) is 0 Å². The van der Waals surface area contributed by atoms with Gasteiger partial charge in [-0.1, -0.05) is 25.7 Å². The maximum atomic E-state index is 10.5. The molecule has 3 heteroatoms. The molecule has 0 aliphatic rings. The first kappa shape index (κ1) is 33.5. The zero-order valence-corrected chi connectivity index (χ0v) is 27.3. The molecule has 0 bridgehead atoms. The molecular formula is C33H60O2Sn. The summed E-state index contributed by atoms with van der Waals surface area (Å²) in [5, 5.41) is 8.66. The number of carbonyl (C=O) groups is 1. The average Bonchev–Trinajstić information content (AvgIpc) is 2.89. The van der Waals surface area contributed by atoms with Gasteiger partial charge in [0.05, 0.1) is 0 Å². The van der Waals surface area contributed by atoms with Crippen LogP contribution in [-0.4, -0.2) is 29.5 Å². The molecule has 0 saturated carbocycles.